The molecular weight excluding hydrogens is 392 g/mol. The summed E-state index contributed by atoms with van der Waals surface area (Å²) in [5.74, 6) is -1.55. The van der Waals surface area contributed by atoms with Gasteiger partial charge in [0.05, 0.1) is 22.4 Å². The summed E-state index contributed by atoms with van der Waals surface area (Å²) in [6.45, 7) is 0. The Labute approximate surface area is 168 Å². The van der Waals surface area contributed by atoms with E-state index in [1.807, 2.05) is 0 Å². The first-order valence-electron chi connectivity index (χ1n) is 8.32. The molecule has 3 N–H and O–H groups in total. The number of anilines is 1. The van der Waals surface area contributed by atoms with Crippen LogP contribution in [0.3, 0.4) is 0 Å². The lowest BCUT2D eigenvalue weighted by Crippen LogP contribution is -2.16. The summed E-state index contributed by atoms with van der Waals surface area (Å²) in [5.41, 5.74) is 1.07. The van der Waals surface area contributed by atoms with Crippen LogP contribution in [-0.2, 0) is 0 Å². The van der Waals surface area contributed by atoms with Gasteiger partial charge >= 0.3 is 5.97 Å². The molecule has 0 fully saturated rings. The summed E-state index contributed by atoms with van der Waals surface area (Å²) >= 11 is 0. The fraction of sp³-hybridized carbons (Fsp3) is 0. The van der Waals surface area contributed by atoms with Crippen LogP contribution in [0.25, 0.3) is 11.3 Å². The van der Waals surface area contributed by atoms with Gasteiger partial charge < -0.3 is 5.11 Å². The second-order valence-corrected chi connectivity index (χ2v) is 5.79. The van der Waals surface area contributed by atoms with Crippen LogP contribution in [0.2, 0.25) is 0 Å². The Morgan fingerprint density at radius 3 is 2.63 bits per heavy atom. The summed E-state index contributed by atoms with van der Waals surface area (Å²) in [6.07, 6.45) is 1.03. The number of H-pyrrole nitrogens is 1. The number of aromatic carboxylic acids is 1. The van der Waals surface area contributed by atoms with E-state index in [2.05, 4.69) is 20.5 Å². The van der Waals surface area contributed by atoms with Gasteiger partial charge in [0.1, 0.15) is 17.2 Å². The lowest BCUT2D eigenvalue weighted by atomic mass is 10.1. The summed E-state index contributed by atoms with van der Waals surface area (Å²) in [7, 11) is 0. The van der Waals surface area contributed by atoms with Crippen LogP contribution in [0, 0.1) is 21.4 Å². The molecule has 11 heteroatoms. The maximum absolute atomic E-state index is 12.2. The summed E-state index contributed by atoms with van der Waals surface area (Å²) in [5, 5.41) is 33.4. The maximum atomic E-state index is 12.2. The van der Waals surface area contributed by atoms with Gasteiger partial charge in [-0.15, -0.1) is 0 Å². The summed E-state index contributed by atoms with van der Waals surface area (Å²) in [6, 6.07) is 14.1. The Kier molecular flexibility index (Phi) is 5.60. The molecule has 0 aliphatic rings. The average molecular weight is 404 g/mol. The third kappa shape index (κ3) is 4.02. The van der Waals surface area contributed by atoms with Crippen LogP contribution in [0.15, 0.2) is 58.4 Å². The van der Waals surface area contributed by atoms with Gasteiger partial charge in [0.25, 0.3) is 11.2 Å². The van der Waals surface area contributed by atoms with E-state index in [4.69, 9.17) is 5.11 Å². The van der Waals surface area contributed by atoms with Gasteiger partial charge in [-0.2, -0.15) is 10.4 Å². The van der Waals surface area contributed by atoms with E-state index in [9.17, 15) is 25.0 Å². The largest absolute Gasteiger partial charge is 0.477 e. The number of carbonyl (C=O) groups is 1. The number of carboxylic acids is 1. The number of nitro groups is 1. The Morgan fingerprint density at radius 2 is 2.00 bits per heavy atom. The molecule has 0 aliphatic heterocycles. The lowest BCUT2D eigenvalue weighted by molar-refractivity contribution is -0.385. The molecule has 0 saturated heterocycles. The number of hydrogen-bond acceptors (Lipinski definition) is 8. The summed E-state index contributed by atoms with van der Waals surface area (Å²) in [4.78, 5) is 40.4. The first-order valence-corrected chi connectivity index (χ1v) is 8.32. The third-order valence-electron chi connectivity index (χ3n) is 3.93. The van der Waals surface area contributed by atoms with E-state index in [0.29, 0.717) is 5.56 Å². The second-order valence-electron chi connectivity index (χ2n) is 5.79. The number of aromatic amines is 1. The van der Waals surface area contributed by atoms with Gasteiger partial charge in [0, 0.05) is 5.56 Å². The molecule has 0 aliphatic carbocycles. The molecule has 3 aromatic rings. The van der Waals surface area contributed by atoms with Crippen molar-refractivity contribution in [3.05, 3.63) is 85.7 Å². The molecule has 2 aromatic carbocycles. The Hall–Kier alpha value is -4.85. The van der Waals surface area contributed by atoms with Gasteiger partial charge in [-0.05, 0) is 12.1 Å². The lowest BCUT2D eigenvalue weighted by Gasteiger charge is -2.06. The van der Waals surface area contributed by atoms with Crippen LogP contribution < -0.4 is 11.0 Å². The topological polar surface area (TPSA) is 174 Å². The first-order chi connectivity index (χ1) is 14.4. The van der Waals surface area contributed by atoms with Crippen molar-refractivity contribution in [2.45, 2.75) is 0 Å². The van der Waals surface area contributed by atoms with E-state index < -0.39 is 27.7 Å². The number of nitrogens with one attached hydrogen (secondary N) is 2. The predicted molar refractivity (Wildman–Crippen MR) is 106 cm³/mol. The van der Waals surface area contributed by atoms with E-state index in [-0.39, 0.29) is 22.8 Å². The highest BCUT2D eigenvalue weighted by molar-refractivity contribution is 5.98. The zero-order valence-corrected chi connectivity index (χ0v) is 15.1. The predicted octanol–water partition coefficient (Wildman–Crippen LogP) is 2.36. The molecule has 0 saturated carbocycles. The zero-order valence-electron chi connectivity index (χ0n) is 15.1. The number of aromatic nitrogens is 2. The average Bonchev–Trinajstić information content (AvgIpc) is 2.73. The van der Waals surface area contributed by atoms with Gasteiger partial charge in [0.15, 0.2) is 0 Å². The number of para-hydroxylation sites is 1. The van der Waals surface area contributed by atoms with Crippen LogP contribution >= 0.6 is 0 Å². The Balaban J connectivity index is 1.97. The van der Waals surface area contributed by atoms with Crippen LogP contribution in [-0.4, -0.2) is 32.2 Å². The second kappa shape index (κ2) is 8.44. The molecule has 3 rings (SSSR count). The van der Waals surface area contributed by atoms with Gasteiger partial charge in [-0.1, -0.05) is 36.4 Å². The number of carboxylic acid groups (broad SMARTS) is 1. The minimum atomic E-state index is -1.45. The monoisotopic (exact) mass is 404 g/mol. The molecule has 148 valence electrons. The van der Waals surface area contributed by atoms with Crippen molar-refractivity contribution < 1.29 is 14.8 Å². The number of benzene rings is 2. The Morgan fingerprint density at radius 1 is 1.27 bits per heavy atom. The van der Waals surface area contributed by atoms with Crippen LogP contribution in [0.4, 0.5) is 11.6 Å². The van der Waals surface area contributed by atoms with Crippen molar-refractivity contribution in [2.24, 2.45) is 5.10 Å². The highest BCUT2D eigenvalue weighted by Gasteiger charge is 2.23. The minimum Gasteiger partial charge on any atom is -0.477 e. The zero-order chi connectivity index (χ0) is 21.7. The molecule has 1 aromatic heterocycles. The normalized spacial score (nSPS) is 10.5. The van der Waals surface area contributed by atoms with Crippen molar-refractivity contribution in [1.29, 1.82) is 5.26 Å². The third-order valence-corrected chi connectivity index (χ3v) is 3.93. The van der Waals surface area contributed by atoms with Crippen molar-refractivity contribution >= 4 is 23.8 Å². The van der Waals surface area contributed by atoms with E-state index in [0.717, 1.165) is 12.3 Å². The minimum absolute atomic E-state index is 0.0633. The number of hydrazone groups is 1. The Bertz CT molecular complexity index is 1260. The van der Waals surface area contributed by atoms with E-state index in [1.165, 1.54) is 12.1 Å². The smallest absolute Gasteiger partial charge is 0.342 e. The van der Waals surface area contributed by atoms with Crippen molar-refractivity contribution in [1.82, 2.24) is 9.97 Å². The summed E-state index contributed by atoms with van der Waals surface area (Å²) < 4.78 is 0. The number of nitro benzene ring substituents is 1. The number of rotatable bonds is 6. The van der Waals surface area contributed by atoms with Gasteiger partial charge in [-0.3, -0.25) is 19.9 Å². The van der Waals surface area contributed by atoms with E-state index >= 15 is 0 Å². The van der Waals surface area contributed by atoms with Crippen LogP contribution in [0.1, 0.15) is 21.5 Å². The van der Waals surface area contributed by atoms with Crippen molar-refractivity contribution in [2.75, 3.05) is 5.43 Å². The van der Waals surface area contributed by atoms with E-state index in [1.54, 1.807) is 36.4 Å². The fourth-order valence-corrected chi connectivity index (χ4v) is 2.64. The molecular formula is C19H12N6O5. The van der Waals surface area contributed by atoms with Crippen molar-refractivity contribution in [3.63, 3.8) is 0 Å². The highest BCUT2D eigenvalue weighted by Crippen LogP contribution is 2.23. The maximum Gasteiger partial charge on any atom is 0.342 e. The van der Waals surface area contributed by atoms with Gasteiger partial charge in [0.2, 0.25) is 5.95 Å². The molecule has 0 unspecified atom stereocenters. The molecule has 0 atom stereocenters. The number of nitriles is 1. The molecule has 1 heterocycles. The molecule has 0 amide bonds. The molecule has 0 radical (unpaired) electrons. The molecule has 30 heavy (non-hydrogen) atoms. The highest BCUT2D eigenvalue weighted by atomic mass is 16.6. The molecule has 11 nitrogen and oxygen atoms in total. The first kappa shape index (κ1) is 19.9. The van der Waals surface area contributed by atoms with Crippen LogP contribution in [0.5, 0.6) is 0 Å². The fourth-order valence-electron chi connectivity index (χ4n) is 2.64. The molecule has 0 spiro atoms. The van der Waals surface area contributed by atoms with Crippen molar-refractivity contribution in [3.8, 4) is 17.3 Å². The number of hydrogen-bond donors (Lipinski definition) is 3. The quantitative estimate of drug-likeness (QED) is 0.319. The SMILES string of the molecule is N#Cc1c(-c2ccccc2)nc(NN=Cc2cccc(C(=O)O)c2[N+](=O)[O-])[nH]c1=O. The standard InChI is InChI=1S/C19H12N6O5/c20-9-14-15(11-5-2-1-3-6-11)22-19(23-17(14)26)24-21-10-12-7-4-8-13(18(27)28)16(12)25(29)30/h1-8,10H,(H,27,28)(H2,22,23,24,26). The molecule has 0 bridgehead atoms. The number of nitrogens with zero attached hydrogens (tertiary/aromatic N) is 4. The van der Waals surface area contributed by atoms with Gasteiger partial charge in [-0.25, -0.2) is 15.2 Å².